The number of pyridine rings is 1. The summed E-state index contributed by atoms with van der Waals surface area (Å²) in [4.78, 5) is 15.1. The molecule has 0 saturated heterocycles. The van der Waals surface area contributed by atoms with Crippen molar-refractivity contribution in [2.24, 2.45) is 0 Å². The molecule has 2 nitrogen and oxygen atoms in total. The molecule has 1 heterocycles. The Morgan fingerprint density at radius 2 is 2.08 bits per heavy atom. The van der Waals surface area contributed by atoms with Crippen molar-refractivity contribution >= 4 is 16.8 Å². The summed E-state index contributed by atoms with van der Waals surface area (Å²) in [7, 11) is 0. The minimum atomic E-state index is -0.464. The molecular weight excluding hydrogens is 186 g/mol. The van der Waals surface area contributed by atoms with Crippen LogP contribution in [0.25, 0.3) is 0 Å². The van der Waals surface area contributed by atoms with E-state index in [1.165, 1.54) is 18.4 Å². The number of hydrogen-bond donors (Lipinski definition) is 0. The van der Waals surface area contributed by atoms with Crippen LogP contribution in [0.15, 0.2) is 12.1 Å². The minimum absolute atomic E-state index is 0.377. The van der Waals surface area contributed by atoms with Crippen molar-refractivity contribution in [3.8, 4) is 0 Å². The molecule has 0 spiro atoms. The molecule has 13 heavy (non-hydrogen) atoms. The lowest BCUT2D eigenvalue weighted by Crippen LogP contribution is -2.07. The highest BCUT2D eigenvalue weighted by atomic mass is 35.5. The highest BCUT2D eigenvalue weighted by Gasteiger charge is 2.12. The summed E-state index contributed by atoms with van der Waals surface area (Å²) in [6, 6.07) is 3.68. The van der Waals surface area contributed by atoms with Crippen molar-refractivity contribution in [2.45, 2.75) is 25.7 Å². The molecule has 0 saturated carbocycles. The molecule has 0 radical (unpaired) electrons. The Hall–Kier alpha value is -0.890. The van der Waals surface area contributed by atoms with Crippen molar-refractivity contribution in [1.82, 2.24) is 4.98 Å². The second kappa shape index (κ2) is 3.46. The third-order valence-electron chi connectivity index (χ3n) is 2.38. The Morgan fingerprint density at radius 1 is 1.31 bits per heavy atom. The second-order valence-electron chi connectivity index (χ2n) is 3.28. The maximum atomic E-state index is 10.8. The summed E-state index contributed by atoms with van der Waals surface area (Å²) in [6.45, 7) is 0. The van der Waals surface area contributed by atoms with E-state index in [2.05, 4.69) is 4.98 Å². The number of fused-ring (bicyclic) bond motifs is 1. The summed E-state index contributed by atoms with van der Waals surface area (Å²) in [6.07, 6.45) is 4.45. The van der Waals surface area contributed by atoms with Gasteiger partial charge < -0.3 is 0 Å². The van der Waals surface area contributed by atoms with Gasteiger partial charge in [0.05, 0.1) is 0 Å². The Morgan fingerprint density at radius 3 is 2.85 bits per heavy atom. The van der Waals surface area contributed by atoms with E-state index in [0.29, 0.717) is 5.69 Å². The topological polar surface area (TPSA) is 30.0 Å². The average molecular weight is 196 g/mol. The van der Waals surface area contributed by atoms with E-state index >= 15 is 0 Å². The number of halogens is 1. The van der Waals surface area contributed by atoms with Crippen LogP contribution in [-0.4, -0.2) is 10.2 Å². The van der Waals surface area contributed by atoms with Gasteiger partial charge in [-0.2, -0.15) is 0 Å². The third-order valence-corrected chi connectivity index (χ3v) is 2.57. The quantitative estimate of drug-likeness (QED) is 0.644. The van der Waals surface area contributed by atoms with E-state index in [1.54, 1.807) is 6.07 Å². The molecule has 0 bridgehead atoms. The largest absolute Gasteiger partial charge is 0.274 e. The summed E-state index contributed by atoms with van der Waals surface area (Å²) >= 11 is 5.34. The SMILES string of the molecule is O=C(Cl)c1ccc2c(n1)CCCC2. The lowest BCUT2D eigenvalue weighted by molar-refractivity contribution is 0.107. The van der Waals surface area contributed by atoms with Gasteiger partial charge in [-0.3, -0.25) is 4.79 Å². The zero-order valence-electron chi connectivity index (χ0n) is 7.22. The molecule has 0 fully saturated rings. The number of carbonyl (C=O) groups excluding carboxylic acids is 1. The van der Waals surface area contributed by atoms with Crippen LogP contribution in [0.1, 0.15) is 34.6 Å². The van der Waals surface area contributed by atoms with Gasteiger partial charge in [0.2, 0.25) is 0 Å². The van der Waals surface area contributed by atoms with E-state index in [9.17, 15) is 4.79 Å². The fraction of sp³-hybridized carbons (Fsp3) is 0.400. The molecule has 1 aliphatic carbocycles. The predicted octanol–water partition coefficient (Wildman–Crippen LogP) is 2.34. The van der Waals surface area contributed by atoms with Crippen molar-refractivity contribution in [3.05, 3.63) is 29.1 Å². The molecule has 3 heteroatoms. The third kappa shape index (κ3) is 1.73. The van der Waals surface area contributed by atoms with Crippen LogP contribution in [0, 0.1) is 0 Å². The molecular formula is C10H10ClNO. The molecule has 0 aromatic carbocycles. The van der Waals surface area contributed by atoms with Crippen LogP contribution in [-0.2, 0) is 12.8 Å². The zero-order valence-corrected chi connectivity index (χ0v) is 7.97. The standard InChI is InChI=1S/C10H10ClNO/c11-10(13)9-6-5-7-3-1-2-4-8(7)12-9/h5-6H,1-4H2. The lowest BCUT2D eigenvalue weighted by Gasteiger charge is -2.14. The van der Waals surface area contributed by atoms with Crippen LogP contribution in [0.3, 0.4) is 0 Å². The van der Waals surface area contributed by atoms with Crippen LogP contribution in [0.2, 0.25) is 0 Å². The van der Waals surface area contributed by atoms with Gasteiger partial charge in [0.1, 0.15) is 5.69 Å². The van der Waals surface area contributed by atoms with Crippen molar-refractivity contribution in [3.63, 3.8) is 0 Å². The van der Waals surface area contributed by atoms with Gasteiger partial charge in [-0.1, -0.05) is 6.07 Å². The highest BCUT2D eigenvalue weighted by molar-refractivity contribution is 6.67. The second-order valence-corrected chi connectivity index (χ2v) is 3.63. The molecule has 1 aromatic rings. The van der Waals surface area contributed by atoms with E-state index in [4.69, 9.17) is 11.6 Å². The van der Waals surface area contributed by atoms with Gasteiger partial charge >= 0.3 is 0 Å². The van der Waals surface area contributed by atoms with Gasteiger partial charge in [0, 0.05) is 5.69 Å². The van der Waals surface area contributed by atoms with Gasteiger partial charge in [-0.25, -0.2) is 4.98 Å². The summed E-state index contributed by atoms with van der Waals surface area (Å²) in [5.74, 6) is 0. The number of rotatable bonds is 1. The lowest BCUT2D eigenvalue weighted by atomic mass is 9.96. The van der Waals surface area contributed by atoms with Gasteiger partial charge in [0.15, 0.2) is 0 Å². The van der Waals surface area contributed by atoms with Gasteiger partial charge in [-0.15, -0.1) is 0 Å². The van der Waals surface area contributed by atoms with Crippen molar-refractivity contribution in [2.75, 3.05) is 0 Å². The first-order chi connectivity index (χ1) is 6.27. The van der Waals surface area contributed by atoms with Crippen LogP contribution in [0.5, 0.6) is 0 Å². The van der Waals surface area contributed by atoms with Gasteiger partial charge in [-0.05, 0) is 48.9 Å². The fourth-order valence-corrected chi connectivity index (χ4v) is 1.80. The zero-order chi connectivity index (χ0) is 9.26. The summed E-state index contributed by atoms with van der Waals surface area (Å²) in [5, 5.41) is -0.464. The molecule has 1 aromatic heterocycles. The minimum Gasteiger partial charge on any atom is -0.274 e. The predicted molar refractivity (Wildman–Crippen MR) is 51.1 cm³/mol. The molecule has 1 aliphatic rings. The van der Waals surface area contributed by atoms with Crippen LogP contribution < -0.4 is 0 Å². The van der Waals surface area contributed by atoms with Crippen molar-refractivity contribution in [1.29, 1.82) is 0 Å². The molecule has 68 valence electrons. The molecule has 0 atom stereocenters. The Bertz CT molecular complexity index is 349. The maximum absolute atomic E-state index is 10.8. The Labute approximate surface area is 81.9 Å². The van der Waals surface area contributed by atoms with Gasteiger partial charge in [0.25, 0.3) is 5.24 Å². The monoisotopic (exact) mass is 195 g/mol. The van der Waals surface area contributed by atoms with E-state index in [0.717, 1.165) is 18.5 Å². The number of aryl methyl sites for hydroxylation is 2. The first-order valence-electron chi connectivity index (χ1n) is 4.46. The normalized spacial score (nSPS) is 15.2. The fourth-order valence-electron chi connectivity index (χ4n) is 1.69. The van der Waals surface area contributed by atoms with E-state index < -0.39 is 5.24 Å². The molecule has 0 aliphatic heterocycles. The smallest absolute Gasteiger partial charge is 0.270 e. The first-order valence-corrected chi connectivity index (χ1v) is 4.84. The highest BCUT2D eigenvalue weighted by Crippen LogP contribution is 2.19. The molecule has 0 N–H and O–H groups in total. The van der Waals surface area contributed by atoms with Crippen molar-refractivity contribution < 1.29 is 4.79 Å². The maximum Gasteiger partial charge on any atom is 0.270 e. The molecule has 0 amide bonds. The van der Waals surface area contributed by atoms with Crippen LogP contribution >= 0.6 is 11.6 Å². The summed E-state index contributed by atoms with van der Waals surface area (Å²) < 4.78 is 0. The average Bonchev–Trinajstić information content (AvgIpc) is 2.17. The molecule has 2 rings (SSSR count). The van der Waals surface area contributed by atoms with E-state index in [1.807, 2.05) is 6.07 Å². The first kappa shape index (κ1) is 8.70. The van der Waals surface area contributed by atoms with Crippen LogP contribution in [0.4, 0.5) is 0 Å². The summed E-state index contributed by atoms with van der Waals surface area (Å²) in [5.41, 5.74) is 2.70. The Balaban J connectivity index is 2.40. The number of aromatic nitrogens is 1. The molecule has 0 unspecified atom stereocenters. The number of hydrogen-bond acceptors (Lipinski definition) is 2. The van der Waals surface area contributed by atoms with E-state index in [-0.39, 0.29) is 0 Å². The number of carbonyl (C=O) groups is 1. The Kier molecular flexibility index (Phi) is 2.32. The number of nitrogens with zero attached hydrogens (tertiary/aromatic N) is 1.